The zero-order valence-electron chi connectivity index (χ0n) is 9.09. The van der Waals surface area contributed by atoms with Crippen LogP contribution in [0.2, 0.25) is 5.02 Å². The van der Waals surface area contributed by atoms with E-state index in [1.165, 1.54) is 12.1 Å². The van der Waals surface area contributed by atoms with Crippen LogP contribution >= 0.6 is 11.6 Å². The number of sulfonamides is 1. The summed E-state index contributed by atoms with van der Waals surface area (Å²) in [7, 11) is -3.75. The lowest BCUT2D eigenvalue weighted by Crippen LogP contribution is -2.56. The third kappa shape index (κ3) is 2.61. The van der Waals surface area contributed by atoms with Crippen molar-refractivity contribution in [2.24, 2.45) is 0 Å². The molecule has 2 N–H and O–H groups in total. The van der Waals surface area contributed by atoms with Crippen molar-refractivity contribution in [1.29, 1.82) is 0 Å². The van der Waals surface area contributed by atoms with Gasteiger partial charge in [0.2, 0.25) is 10.0 Å². The summed E-state index contributed by atoms with van der Waals surface area (Å²) in [6.07, 6.45) is 0. The lowest BCUT2D eigenvalue weighted by molar-refractivity contribution is -0.384. The number of nitro benzene ring substituents is 1. The van der Waals surface area contributed by atoms with E-state index in [0.29, 0.717) is 13.1 Å². The smallest absolute Gasteiger partial charge is 0.289 e. The minimum Gasteiger partial charge on any atom is -0.313 e. The molecule has 1 heterocycles. The van der Waals surface area contributed by atoms with Gasteiger partial charge in [0.25, 0.3) is 5.69 Å². The van der Waals surface area contributed by atoms with Gasteiger partial charge >= 0.3 is 0 Å². The Morgan fingerprint density at radius 1 is 1.44 bits per heavy atom. The Kier molecular flexibility index (Phi) is 3.53. The van der Waals surface area contributed by atoms with Gasteiger partial charge in [0, 0.05) is 25.2 Å². The molecular weight excluding hydrogens is 282 g/mol. The van der Waals surface area contributed by atoms with Crippen LogP contribution in [0.1, 0.15) is 0 Å². The summed E-state index contributed by atoms with van der Waals surface area (Å²) in [6.45, 7) is 1.10. The molecule has 18 heavy (non-hydrogen) atoms. The maximum absolute atomic E-state index is 11.9. The van der Waals surface area contributed by atoms with Gasteiger partial charge in [-0.15, -0.1) is 0 Å². The Morgan fingerprint density at radius 3 is 2.61 bits per heavy atom. The Bertz CT molecular complexity index is 585. The maximum Gasteiger partial charge on any atom is 0.289 e. The molecule has 9 heteroatoms. The molecule has 0 saturated carbocycles. The quantitative estimate of drug-likeness (QED) is 0.621. The first-order chi connectivity index (χ1) is 8.40. The number of nitro groups is 1. The van der Waals surface area contributed by atoms with Crippen LogP contribution in [0, 0.1) is 10.1 Å². The van der Waals surface area contributed by atoms with E-state index in [0.717, 1.165) is 6.07 Å². The molecule has 1 fully saturated rings. The van der Waals surface area contributed by atoms with Gasteiger partial charge in [-0.25, -0.2) is 13.1 Å². The summed E-state index contributed by atoms with van der Waals surface area (Å²) < 4.78 is 26.3. The van der Waals surface area contributed by atoms with Crippen molar-refractivity contribution >= 4 is 27.3 Å². The SMILES string of the molecule is O=[N+]([O-])c1cc(S(=O)(=O)NC2CNC2)ccc1Cl. The standard InChI is InChI=1S/C9H10ClN3O4S/c10-8-2-1-7(3-9(8)13(14)15)18(16,17)12-6-4-11-5-6/h1-3,6,11-12H,4-5H2. The van der Waals surface area contributed by atoms with Crippen molar-refractivity contribution in [3.8, 4) is 0 Å². The summed E-state index contributed by atoms with van der Waals surface area (Å²) >= 11 is 5.62. The Labute approximate surface area is 108 Å². The Hall–Kier alpha value is -1.22. The minimum absolute atomic E-state index is 0.0933. The van der Waals surface area contributed by atoms with Gasteiger partial charge in [-0.3, -0.25) is 10.1 Å². The summed E-state index contributed by atoms with van der Waals surface area (Å²) in [5, 5.41) is 13.5. The second-order valence-electron chi connectivity index (χ2n) is 3.85. The van der Waals surface area contributed by atoms with Crippen molar-refractivity contribution in [3.63, 3.8) is 0 Å². The van der Waals surface area contributed by atoms with Gasteiger partial charge < -0.3 is 5.32 Å². The molecule has 1 aliphatic heterocycles. The highest BCUT2D eigenvalue weighted by molar-refractivity contribution is 7.89. The topological polar surface area (TPSA) is 101 Å². The largest absolute Gasteiger partial charge is 0.313 e. The van der Waals surface area contributed by atoms with E-state index in [9.17, 15) is 18.5 Å². The van der Waals surface area contributed by atoms with E-state index in [1.807, 2.05) is 0 Å². The Morgan fingerprint density at radius 2 is 2.11 bits per heavy atom. The van der Waals surface area contributed by atoms with E-state index in [1.54, 1.807) is 0 Å². The first-order valence-corrected chi connectivity index (χ1v) is 6.93. The van der Waals surface area contributed by atoms with Crippen LogP contribution in [0.25, 0.3) is 0 Å². The average molecular weight is 292 g/mol. The van der Waals surface area contributed by atoms with Crippen molar-refractivity contribution in [1.82, 2.24) is 10.0 Å². The van der Waals surface area contributed by atoms with Crippen molar-refractivity contribution in [3.05, 3.63) is 33.3 Å². The van der Waals surface area contributed by atoms with Crippen LogP contribution in [0.3, 0.4) is 0 Å². The van der Waals surface area contributed by atoms with Crippen LogP contribution in [-0.2, 0) is 10.0 Å². The molecule has 0 spiro atoms. The number of nitrogens with one attached hydrogen (secondary N) is 2. The molecule has 1 aromatic rings. The van der Waals surface area contributed by atoms with Crippen LogP contribution in [-0.4, -0.2) is 32.5 Å². The van der Waals surface area contributed by atoms with E-state index in [-0.39, 0.29) is 16.0 Å². The van der Waals surface area contributed by atoms with Gasteiger partial charge in [-0.1, -0.05) is 11.6 Å². The van der Waals surface area contributed by atoms with Gasteiger partial charge in [0.15, 0.2) is 0 Å². The van der Waals surface area contributed by atoms with E-state index < -0.39 is 20.6 Å². The number of hydrogen-bond donors (Lipinski definition) is 2. The molecule has 0 bridgehead atoms. The molecule has 2 rings (SSSR count). The van der Waals surface area contributed by atoms with Crippen LogP contribution in [0.5, 0.6) is 0 Å². The molecule has 1 aromatic carbocycles. The molecule has 1 aliphatic rings. The lowest BCUT2D eigenvalue weighted by Gasteiger charge is -2.27. The predicted molar refractivity (Wildman–Crippen MR) is 65.1 cm³/mol. The van der Waals surface area contributed by atoms with Gasteiger partial charge in [-0.2, -0.15) is 0 Å². The summed E-state index contributed by atoms with van der Waals surface area (Å²) in [4.78, 5) is 9.81. The molecule has 0 aliphatic carbocycles. The normalized spacial score (nSPS) is 16.3. The molecule has 0 aromatic heterocycles. The molecule has 0 unspecified atom stereocenters. The zero-order valence-corrected chi connectivity index (χ0v) is 10.7. The Balaban J connectivity index is 2.32. The molecule has 98 valence electrons. The van der Waals surface area contributed by atoms with Crippen LogP contribution in [0.4, 0.5) is 5.69 Å². The fourth-order valence-corrected chi connectivity index (χ4v) is 2.90. The van der Waals surface area contributed by atoms with Gasteiger partial charge in [0.05, 0.1) is 9.82 Å². The third-order valence-corrected chi connectivity index (χ3v) is 4.37. The predicted octanol–water partition coefficient (Wildman–Crippen LogP) is 0.498. The minimum atomic E-state index is -3.75. The molecule has 1 saturated heterocycles. The monoisotopic (exact) mass is 291 g/mol. The van der Waals surface area contributed by atoms with E-state index in [4.69, 9.17) is 11.6 Å². The number of nitrogens with zero attached hydrogens (tertiary/aromatic N) is 1. The molecule has 0 atom stereocenters. The van der Waals surface area contributed by atoms with Crippen molar-refractivity contribution in [2.45, 2.75) is 10.9 Å². The highest BCUT2D eigenvalue weighted by Gasteiger charge is 2.26. The second kappa shape index (κ2) is 4.81. The molecular formula is C9H10ClN3O4S. The van der Waals surface area contributed by atoms with Gasteiger partial charge in [-0.05, 0) is 12.1 Å². The highest BCUT2D eigenvalue weighted by Crippen LogP contribution is 2.27. The van der Waals surface area contributed by atoms with Gasteiger partial charge in [0.1, 0.15) is 5.02 Å². The first kappa shape index (κ1) is 13.2. The zero-order chi connectivity index (χ0) is 13.3. The third-order valence-electron chi connectivity index (χ3n) is 2.53. The van der Waals surface area contributed by atoms with Crippen molar-refractivity contribution in [2.75, 3.05) is 13.1 Å². The number of rotatable bonds is 4. The molecule has 7 nitrogen and oxygen atoms in total. The summed E-state index contributed by atoms with van der Waals surface area (Å²) in [6, 6.07) is 3.22. The second-order valence-corrected chi connectivity index (χ2v) is 5.97. The van der Waals surface area contributed by atoms with Crippen LogP contribution < -0.4 is 10.0 Å². The summed E-state index contributed by atoms with van der Waals surface area (Å²) in [5.74, 6) is 0. The van der Waals surface area contributed by atoms with Crippen LogP contribution in [0.15, 0.2) is 23.1 Å². The number of benzene rings is 1. The first-order valence-electron chi connectivity index (χ1n) is 5.07. The van der Waals surface area contributed by atoms with E-state index in [2.05, 4.69) is 10.0 Å². The fraction of sp³-hybridized carbons (Fsp3) is 0.333. The van der Waals surface area contributed by atoms with Crippen molar-refractivity contribution < 1.29 is 13.3 Å². The number of hydrogen-bond acceptors (Lipinski definition) is 5. The fourth-order valence-electron chi connectivity index (χ4n) is 1.46. The summed E-state index contributed by atoms with van der Waals surface area (Å²) in [5.41, 5.74) is -0.425. The molecule has 0 radical (unpaired) electrons. The van der Waals surface area contributed by atoms with E-state index >= 15 is 0 Å². The maximum atomic E-state index is 11.9. The average Bonchev–Trinajstić information content (AvgIpc) is 2.23. The molecule has 0 amide bonds. The lowest BCUT2D eigenvalue weighted by atomic mass is 10.2. The highest BCUT2D eigenvalue weighted by atomic mass is 35.5. The number of halogens is 1.